The molecule has 0 aromatic carbocycles. The van der Waals surface area contributed by atoms with E-state index in [9.17, 15) is 0 Å². The number of fused-ring (bicyclic) bond motifs is 1. The normalized spacial score (nSPS) is 10.9. The summed E-state index contributed by atoms with van der Waals surface area (Å²) in [4.78, 5) is 19.5. The van der Waals surface area contributed by atoms with Gasteiger partial charge in [-0.05, 0) is 0 Å². The van der Waals surface area contributed by atoms with Gasteiger partial charge in [-0.25, -0.2) is 19.9 Å². The number of aromatic nitrogens is 5. The van der Waals surface area contributed by atoms with Gasteiger partial charge in [-0.1, -0.05) is 81.9 Å². The Morgan fingerprint density at radius 2 is 1.64 bits per heavy atom. The van der Waals surface area contributed by atoms with Crippen LogP contribution in [0.15, 0.2) is 12.7 Å². The van der Waals surface area contributed by atoms with Gasteiger partial charge in [0.25, 0.3) is 5.97 Å². The highest BCUT2D eigenvalue weighted by atomic mass is 35.5. The molecule has 33 heavy (non-hydrogen) atoms. The molecule has 13 heteroatoms. The van der Waals surface area contributed by atoms with Crippen molar-refractivity contribution in [1.29, 1.82) is 0 Å². The van der Waals surface area contributed by atoms with Gasteiger partial charge >= 0.3 is 0 Å². The number of H-pyrrole nitrogens is 1. The third kappa shape index (κ3) is 8.67. The van der Waals surface area contributed by atoms with Crippen LogP contribution in [-0.4, -0.2) is 52.2 Å². The van der Waals surface area contributed by atoms with Crippen molar-refractivity contribution in [1.82, 2.24) is 24.9 Å². The number of nitrogens with one attached hydrogen (secondary N) is 1. The van der Waals surface area contributed by atoms with E-state index in [-0.39, 0.29) is 13.3 Å². The molecule has 0 spiro atoms. The first-order valence-electron chi connectivity index (χ1n) is 9.43. The Morgan fingerprint density at radius 3 is 2.00 bits per heavy atom. The first kappa shape index (κ1) is 31.5. The van der Waals surface area contributed by atoms with Crippen molar-refractivity contribution in [3.05, 3.63) is 32.6 Å². The van der Waals surface area contributed by atoms with E-state index < -0.39 is 5.97 Å². The number of nitrogens with zero attached hydrogens (tertiary/aromatic N) is 4. The lowest BCUT2D eigenvalue weighted by Crippen LogP contribution is -2.41. The molecular weight excluding hydrogens is 507 g/mol. The summed E-state index contributed by atoms with van der Waals surface area (Å²) in [5, 5.41) is 1.83. The zero-order valence-electron chi connectivity index (χ0n) is 19.0. The van der Waals surface area contributed by atoms with E-state index in [1.807, 2.05) is 13.8 Å². The van der Waals surface area contributed by atoms with Gasteiger partial charge in [-0.3, -0.25) is 0 Å². The van der Waals surface area contributed by atoms with E-state index >= 15 is 0 Å². The van der Waals surface area contributed by atoms with Gasteiger partial charge in [-0.15, -0.1) is 0 Å². The molecule has 3 aromatic heterocycles. The monoisotopic (exact) mass is 538 g/mol. The van der Waals surface area contributed by atoms with Crippen molar-refractivity contribution in [2.24, 2.45) is 5.92 Å². The average Bonchev–Trinajstić information content (AvgIpc) is 3.21. The summed E-state index contributed by atoms with van der Waals surface area (Å²) in [6.07, 6.45) is 2.87. The SMILES string of the molecule is C.CC(C)c1nc2c(Cl)ncnc2s1.COC(OC)(OC)C(C)C.Nc1c(Cl)[nH]cnc1=S. The predicted octanol–water partition coefficient (Wildman–Crippen LogP) is 6.11. The summed E-state index contributed by atoms with van der Waals surface area (Å²) in [5.74, 6) is -0.289. The third-order valence-corrected chi connectivity index (χ3v) is 6.24. The van der Waals surface area contributed by atoms with Gasteiger partial charge in [0.1, 0.15) is 27.5 Å². The van der Waals surface area contributed by atoms with Crippen molar-refractivity contribution < 1.29 is 14.2 Å². The van der Waals surface area contributed by atoms with Crippen LogP contribution < -0.4 is 5.73 Å². The van der Waals surface area contributed by atoms with E-state index in [1.165, 1.54) is 12.7 Å². The maximum atomic E-state index is 5.87. The molecule has 3 heterocycles. The molecule has 0 atom stereocenters. The highest BCUT2D eigenvalue weighted by molar-refractivity contribution is 7.71. The van der Waals surface area contributed by atoms with Gasteiger partial charge in [0.2, 0.25) is 0 Å². The number of methoxy groups -OCH3 is 3. The van der Waals surface area contributed by atoms with E-state index in [1.54, 1.807) is 32.7 Å². The van der Waals surface area contributed by atoms with Crippen LogP contribution in [-0.2, 0) is 14.2 Å². The highest BCUT2D eigenvalue weighted by Crippen LogP contribution is 2.28. The molecule has 0 radical (unpaired) electrons. The number of aromatic amines is 1. The molecule has 3 rings (SSSR count). The minimum atomic E-state index is -0.875. The maximum absolute atomic E-state index is 5.87. The Labute approximate surface area is 214 Å². The lowest BCUT2D eigenvalue weighted by molar-refractivity contribution is -0.373. The second-order valence-electron chi connectivity index (χ2n) is 6.83. The van der Waals surface area contributed by atoms with Crippen molar-refractivity contribution in [3.8, 4) is 0 Å². The van der Waals surface area contributed by atoms with Gasteiger partial charge in [0.15, 0.2) is 9.79 Å². The number of nitrogen functional groups attached to an aromatic ring is 1. The minimum absolute atomic E-state index is 0. The number of nitrogens with two attached hydrogens (primary N) is 1. The van der Waals surface area contributed by atoms with Crippen LogP contribution >= 0.6 is 46.8 Å². The Hall–Kier alpha value is -1.47. The summed E-state index contributed by atoms with van der Waals surface area (Å²) in [5.41, 5.74) is 6.40. The lowest BCUT2D eigenvalue weighted by Gasteiger charge is -2.32. The predicted molar refractivity (Wildman–Crippen MR) is 138 cm³/mol. The fourth-order valence-electron chi connectivity index (χ4n) is 2.34. The summed E-state index contributed by atoms with van der Waals surface area (Å²) in [7, 11) is 4.69. The first-order chi connectivity index (χ1) is 15.0. The minimum Gasteiger partial charge on any atom is -0.394 e. The number of hydrogen-bond donors (Lipinski definition) is 2. The van der Waals surface area contributed by atoms with Gasteiger partial charge in [0.05, 0.1) is 11.3 Å². The standard InChI is InChI=1S/C8H8ClN3S.C7H16O3.C4H4ClN3S.CH4/c1-4(2)7-12-5-6(9)10-3-11-8(5)13-7;1-6(2)7(8-3,9-4)10-5;5-3-2(6)4(9)8-1-7-3;/h3-4H,1-2H3;6H,1-5H3;1H,6H2,(H,7,8,9);1H4. The molecule has 0 saturated heterocycles. The van der Waals surface area contributed by atoms with Gasteiger partial charge < -0.3 is 24.9 Å². The number of halogens is 2. The average molecular weight is 540 g/mol. The summed E-state index contributed by atoms with van der Waals surface area (Å²) < 4.78 is 15.5. The quantitative estimate of drug-likeness (QED) is 0.225. The van der Waals surface area contributed by atoms with Gasteiger partial charge in [0, 0.05) is 33.2 Å². The second kappa shape index (κ2) is 14.7. The number of hydrogen-bond acceptors (Lipinski definition) is 10. The Kier molecular flexibility index (Phi) is 14.1. The van der Waals surface area contributed by atoms with Crippen LogP contribution in [0.2, 0.25) is 10.3 Å². The molecule has 9 nitrogen and oxygen atoms in total. The summed E-state index contributed by atoms with van der Waals surface area (Å²) in [6, 6.07) is 0. The fraction of sp³-hybridized carbons (Fsp3) is 0.550. The summed E-state index contributed by atoms with van der Waals surface area (Å²) >= 11 is 17.7. The molecule has 0 aliphatic rings. The van der Waals surface area contributed by atoms with Crippen molar-refractivity contribution >= 4 is 62.8 Å². The Bertz CT molecular complexity index is 1030. The van der Waals surface area contributed by atoms with Crippen LogP contribution in [0.1, 0.15) is 46.0 Å². The van der Waals surface area contributed by atoms with Gasteiger partial charge in [-0.2, -0.15) is 0 Å². The molecule has 0 aliphatic heterocycles. The van der Waals surface area contributed by atoms with Crippen LogP contribution in [0.25, 0.3) is 10.3 Å². The zero-order chi connectivity index (χ0) is 24.5. The van der Waals surface area contributed by atoms with Crippen molar-refractivity contribution in [2.75, 3.05) is 27.1 Å². The van der Waals surface area contributed by atoms with E-state index in [0.29, 0.717) is 26.6 Å². The molecule has 3 aromatic rings. The van der Waals surface area contributed by atoms with Crippen LogP contribution in [0, 0.1) is 10.6 Å². The molecule has 3 N–H and O–H groups in total. The fourth-order valence-corrected chi connectivity index (χ4v) is 3.83. The lowest BCUT2D eigenvalue weighted by atomic mass is 10.2. The molecular formula is C20H32Cl2N6O3S2. The summed E-state index contributed by atoms with van der Waals surface area (Å²) in [6.45, 7) is 8.13. The first-order valence-corrected chi connectivity index (χ1v) is 11.4. The largest absolute Gasteiger partial charge is 0.394 e. The van der Waals surface area contributed by atoms with Crippen LogP contribution in [0.5, 0.6) is 0 Å². The maximum Gasteiger partial charge on any atom is 0.284 e. The van der Waals surface area contributed by atoms with E-state index in [0.717, 1.165) is 15.4 Å². The molecule has 0 saturated carbocycles. The molecule has 0 amide bonds. The second-order valence-corrected chi connectivity index (χ2v) is 8.96. The molecule has 0 bridgehead atoms. The smallest absolute Gasteiger partial charge is 0.284 e. The van der Waals surface area contributed by atoms with Crippen molar-refractivity contribution in [3.63, 3.8) is 0 Å². The van der Waals surface area contributed by atoms with E-state index in [2.05, 4.69) is 38.8 Å². The number of ether oxygens (including phenoxy) is 3. The molecule has 0 fully saturated rings. The Morgan fingerprint density at radius 1 is 1.06 bits per heavy atom. The third-order valence-electron chi connectivity index (χ3n) is 4.06. The van der Waals surface area contributed by atoms with Crippen LogP contribution in [0.3, 0.4) is 0 Å². The Balaban J connectivity index is 0.000000469. The molecule has 0 aliphatic carbocycles. The zero-order valence-corrected chi connectivity index (χ0v) is 22.1. The topological polar surface area (TPSA) is 121 Å². The van der Waals surface area contributed by atoms with Crippen LogP contribution in [0.4, 0.5) is 5.69 Å². The molecule has 186 valence electrons. The van der Waals surface area contributed by atoms with Crippen molar-refractivity contribution in [2.45, 2.75) is 47.0 Å². The van der Waals surface area contributed by atoms with E-state index in [4.69, 9.17) is 55.4 Å². The highest BCUT2D eigenvalue weighted by Gasteiger charge is 2.33. The number of anilines is 1. The number of rotatable bonds is 5. The number of thiazole rings is 1. The molecule has 0 unspecified atom stereocenters.